The van der Waals surface area contributed by atoms with Gasteiger partial charge in [0.1, 0.15) is 30.2 Å². The van der Waals surface area contributed by atoms with E-state index in [1.54, 1.807) is 6.29 Å². The lowest BCUT2D eigenvalue weighted by molar-refractivity contribution is -0.135. The van der Waals surface area contributed by atoms with Crippen LogP contribution in [0, 0.1) is 32.5 Å². The van der Waals surface area contributed by atoms with E-state index in [4.69, 9.17) is 66.9 Å². The molecule has 0 rings (SSSR count). The molecule has 0 spiro atoms. The molecule has 0 aromatic carbocycles. The van der Waals surface area contributed by atoms with E-state index in [1.165, 1.54) is 6.92 Å². The van der Waals surface area contributed by atoms with Crippen LogP contribution in [-0.4, -0.2) is 153 Å². The van der Waals surface area contributed by atoms with Gasteiger partial charge in [0.15, 0.2) is 35.8 Å². The first kappa shape index (κ1) is 61.1. The minimum absolute atomic E-state index is 0.0309. The van der Waals surface area contributed by atoms with E-state index in [-0.39, 0.29) is 146 Å². The zero-order valence-corrected chi connectivity index (χ0v) is 39.0. The molecule has 0 fully saturated rings. The summed E-state index contributed by atoms with van der Waals surface area (Å²) in [5.41, 5.74) is 32.3. The molecule has 0 aromatic rings. The van der Waals surface area contributed by atoms with E-state index in [2.05, 4.69) is 63.8 Å². The van der Waals surface area contributed by atoms with Crippen molar-refractivity contribution in [2.45, 2.75) is 120 Å². The van der Waals surface area contributed by atoms with Crippen molar-refractivity contribution in [2.24, 2.45) is 34.4 Å². The zero-order valence-electron chi connectivity index (χ0n) is 39.0. The second-order valence-corrected chi connectivity index (χ2v) is 15.6. The molecule has 0 aliphatic heterocycles. The topological polar surface area (TPSA) is 563 Å². The number of carbonyl (C=O) groups excluding carboxylic acids is 7. The van der Waals surface area contributed by atoms with Crippen LogP contribution in [0.25, 0.3) is 0 Å². The van der Waals surface area contributed by atoms with Gasteiger partial charge in [0.2, 0.25) is 41.7 Å². The highest BCUT2D eigenvalue weighted by Crippen LogP contribution is 2.08. The molecule has 0 saturated carbocycles. The quantitative estimate of drug-likeness (QED) is 0.0158. The maximum absolute atomic E-state index is 14.2. The van der Waals surface area contributed by atoms with Crippen molar-refractivity contribution in [2.75, 3.05) is 39.3 Å². The molecule has 31 nitrogen and oxygen atoms in total. The molecule has 31 heteroatoms. The molecule has 1 radical (unpaired) electrons. The fraction of sp³-hybridized carbons (Fsp3) is 0.658. The monoisotopic (exact) mass is 980 g/mol. The van der Waals surface area contributed by atoms with Gasteiger partial charge in [-0.3, -0.25) is 66.0 Å². The predicted octanol–water partition coefficient (Wildman–Crippen LogP) is -7.40. The zero-order chi connectivity index (χ0) is 52.3. The van der Waals surface area contributed by atoms with Gasteiger partial charge in [0, 0.05) is 46.2 Å². The molecule has 0 heterocycles. The predicted molar refractivity (Wildman–Crippen MR) is 258 cm³/mol. The van der Waals surface area contributed by atoms with Crippen LogP contribution in [0.15, 0.2) is 0 Å². The number of carbonyl (C=O) groups is 6. The van der Waals surface area contributed by atoms with Crippen LogP contribution in [0.2, 0.25) is 0 Å². The first-order valence-electron chi connectivity index (χ1n) is 22.2. The van der Waals surface area contributed by atoms with E-state index in [0.717, 1.165) is 0 Å². The highest BCUT2D eigenvalue weighted by atomic mass is 16.2. The smallest absolute Gasteiger partial charge is 0.243 e. The van der Waals surface area contributed by atoms with Gasteiger partial charge < -0.3 is 98.2 Å². The molecular weight excluding hydrogens is 905 g/mol. The van der Waals surface area contributed by atoms with Gasteiger partial charge in [-0.05, 0) is 77.0 Å². The lowest BCUT2D eigenvalue weighted by Gasteiger charge is -2.28. The van der Waals surface area contributed by atoms with Crippen LogP contribution < -0.4 is 98.2 Å². The fourth-order valence-electron chi connectivity index (χ4n) is 6.29. The Bertz CT molecular complexity index is 1750. The van der Waals surface area contributed by atoms with Gasteiger partial charge in [-0.1, -0.05) is 0 Å². The summed E-state index contributed by atoms with van der Waals surface area (Å²) in [5, 5.41) is 75.8. The molecule has 0 aliphatic carbocycles. The number of hydrogen-bond donors (Lipinski definition) is 24. The van der Waals surface area contributed by atoms with Crippen molar-refractivity contribution in [3.05, 3.63) is 0 Å². The Labute approximate surface area is 400 Å². The van der Waals surface area contributed by atoms with Crippen LogP contribution in [0.5, 0.6) is 0 Å². The summed E-state index contributed by atoms with van der Waals surface area (Å²) in [6, 6.07) is -7.63. The third-order valence-electron chi connectivity index (χ3n) is 9.59. The number of nitrogens with one attached hydrogen (secondary N) is 18. The van der Waals surface area contributed by atoms with Crippen molar-refractivity contribution >= 4 is 77.5 Å². The van der Waals surface area contributed by atoms with Gasteiger partial charge >= 0.3 is 0 Å². The maximum Gasteiger partial charge on any atom is 0.243 e. The highest BCUT2D eigenvalue weighted by Gasteiger charge is 2.33. The first-order chi connectivity index (χ1) is 32.5. The summed E-state index contributed by atoms with van der Waals surface area (Å²) in [4.78, 5) is 93.6. The Kier molecular flexibility index (Phi) is 31.3. The third-order valence-corrected chi connectivity index (χ3v) is 9.59. The van der Waals surface area contributed by atoms with E-state index in [1.807, 2.05) is 0 Å². The molecule has 30 N–H and O–H groups in total. The molecule has 0 unspecified atom stereocenters. The van der Waals surface area contributed by atoms with Crippen LogP contribution in [-0.2, 0) is 33.6 Å². The minimum Gasteiger partial charge on any atom is -0.370 e. The number of rotatable bonds is 36. The van der Waals surface area contributed by atoms with E-state index in [9.17, 15) is 33.6 Å². The van der Waals surface area contributed by atoms with Gasteiger partial charge in [-0.25, -0.2) is 0 Å². The highest BCUT2D eigenvalue weighted by molar-refractivity contribution is 5.96. The Balaban J connectivity index is 6.80. The molecule has 0 aromatic heterocycles. The Morgan fingerprint density at radius 1 is 0.362 bits per heavy atom. The molecule has 69 heavy (non-hydrogen) atoms. The molecule has 389 valence electrons. The average molecular weight is 980 g/mol. The Morgan fingerprint density at radius 2 is 0.565 bits per heavy atom. The fourth-order valence-corrected chi connectivity index (χ4v) is 6.29. The van der Waals surface area contributed by atoms with E-state index < -0.39 is 71.7 Å². The number of guanidine groups is 6. The van der Waals surface area contributed by atoms with Crippen molar-refractivity contribution in [1.29, 1.82) is 32.5 Å². The molecule has 6 atom stereocenters. The van der Waals surface area contributed by atoms with E-state index >= 15 is 0 Å². The standard InChI is InChI=1S/C38H75N24O7/c1-21(64)57-23(9-3-15-52-34(41)42)29(66)60-25(11-5-17-54-36(45)46)31(68)62-27(13-7-19-56-38(49)50)32(69)61-26(12-6-18-55-37(47)48)30(67)59-24(10-4-16-53-35(43)44)28(65)58-22(20-63)8-2-14-51-33(39)40/h22-27H,2-19H2,1H3,(H,57,64)(H,58,65)(H,59,67)(H,60,66)(H,61,69)(H,62,68)(H4,39,40,51)(H4,41,42,52)(H4,43,44,53)(H4,45,46,54)(H4,47,48,55)(H4,49,50,56)/t22-,23-,24-,25-,26-,27-/m1/s1. The number of nitrogens with two attached hydrogens (primary N) is 6. The second-order valence-electron chi connectivity index (χ2n) is 15.6. The lowest BCUT2D eigenvalue weighted by Crippen LogP contribution is -2.59. The summed E-state index contributed by atoms with van der Waals surface area (Å²) in [7, 11) is 0. The molecule has 0 aliphatic rings. The average Bonchev–Trinajstić information content (AvgIpc) is 3.25. The summed E-state index contributed by atoms with van der Waals surface area (Å²) in [6.07, 6.45) is 2.94. The summed E-state index contributed by atoms with van der Waals surface area (Å²) in [5.74, 6) is -6.58. The molecular formula is C38H75N24O7. The van der Waals surface area contributed by atoms with E-state index in [0.29, 0.717) is 6.42 Å². The largest absolute Gasteiger partial charge is 0.370 e. The number of amides is 6. The lowest BCUT2D eigenvalue weighted by atomic mass is 10.0. The first-order valence-corrected chi connectivity index (χ1v) is 22.2. The van der Waals surface area contributed by atoms with Crippen LogP contribution >= 0.6 is 0 Å². The van der Waals surface area contributed by atoms with Crippen LogP contribution in [0.1, 0.15) is 84.0 Å². The van der Waals surface area contributed by atoms with Gasteiger partial charge in [-0.2, -0.15) is 0 Å². The Morgan fingerprint density at radius 3 is 0.768 bits per heavy atom. The molecule has 6 amide bonds. The third kappa shape index (κ3) is 31.6. The van der Waals surface area contributed by atoms with Gasteiger partial charge in [0.25, 0.3) is 0 Å². The van der Waals surface area contributed by atoms with Gasteiger partial charge in [-0.15, -0.1) is 0 Å². The van der Waals surface area contributed by atoms with Gasteiger partial charge in [0.05, 0.1) is 6.04 Å². The van der Waals surface area contributed by atoms with Crippen molar-refractivity contribution in [1.82, 2.24) is 63.8 Å². The summed E-state index contributed by atoms with van der Waals surface area (Å²) < 4.78 is 0. The van der Waals surface area contributed by atoms with Crippen molar-refractivity contribution < 1.29 is 33.6 Å². The Hall–Kier alpha value is -7.89. The minimum atomic E-state index is -1.39. The SMILES string of the molecule is CC(=O)N[C@H](CCCNC(=N)N)C(=O)N[C@H](CCCNC(=N)N)C(=O)N[C@H](CCCNC(=N)N)C(=O)N[C@H](CCCNC(=N)N)C(=O)N[C@H](CCCNC(=N)N)C(=O)N[C@@H]([C]=O)CCCNC(=N)N. The summed E-state index contributed by atoms with van der Waals surface area (Å²) >= 11 is 0. The molecule has 0 saturated heterocycles. The van der Waals surface area contributed by atoms with Crippen LogP contribution in [0.3, 0.4) is 0 Å². The van der Waals surface area contributed by atoms with Crippen molar-refractivity contribution in [3.63, 3.8) is 0 Å². The normalized spacial score (nSPS) is 13.1. The maximum atomic E-state index is 14.2. The summed E-state index contributed by atoms with van der Waals surface area (Å²) in [6.45, 7) is 2.06. The van der Waals surface area contributed by atoms with Crippen LogP contribution in [0.4, 0.5) is 0 Å². The molecule has 0 bridgehead atoms. The number of hydrogen-bond acceptors (Lipinski definition) is 13. The van der Waals surface area contributed by atoms with Crippen molar-refractivity contribution in [3.8, 4) is 0 Å². The second kappa shape index (κ2) is 35.3.